The summed E-state index contributed by atoms with van der Waals surface area (Å²) in [6.45, 7) is 3.75. The summed E-state index contributed by atoms with van der Waals surface area (Å²) in [6.07, 6.45) is 2.64. The lowest BCUT2D eigenvalue weighted by atomic mass is 9.99. The van der Waals surface area contributed by atoms with Crippen LogP contribution < -0.4 is 11.5 Å². The van der Waals surface area contributed by atoms with E-state index in [1.807, 2.05) is 16.8 Å². The Labute approximate surface area is 102 Å². The first-order valence-electron chi connectivity index (χ1n) is 4.73. The molecule has 0 saturated carbocycles. The molecule has 0 aliphatic heterocycles. The fourth-order valence-electron chi connectivity index (χ4n) is 1.48. The van der Waals surface area contributed by atoms with Crippen LogP contribution in [0, 0.1) is 0 Å². The quantitative estimate of drug-likeness (QED) is 0.819. The normalized spacial score (nSPS) is 10.8. The molecule has 0 aliphatic carbocycles. The number of hydrogen-bond donors (Lipinski definition) is 2. The number of nitrogen functional groups attached to an aromatic ring is 2. The lowest BCUT2D eigenvalue weighted by molar-refractivity contribution is 0.781. The van der Waals surface area contributed by atoms with E-state index in [0.717, 1.165) is 17.8 Å². The van der Waals surface area contributed by atoms with E-state index in [0.29, 0.717) is 10.3 Å². The largest absolute Gasteiger partial charge is 0.375 e. The maximum atomic E-state index is 5.63. The van der Waals surface area contributed by atoms with Gasteiger partial charge in [0, 0.05) is 16.7 Å². The molecule has 0 saturated heterocycles. The monoisotopic (exact) mass is 252 g/mol. The second-order valence-electron chi connectivity index (χ2n) is 3.30. The highest BCUT2D eigenvalue weighted by Gasteiger charge is 2.18. The number of allylic oxidation sites excluding steroid dienone is 1. The van der Waals surface area contributed by atoms with Gasteiger partial charge in [-0.05, 0) is 6.42 Å². The Morgan fingerprint density at radius 1 is 1.19 bits per heavy atom. The minimum absolute atomic E-state index is 0.111. The van der Waals surface area contributed by atoms with Gasteiger partial charge in [0.2, 0.25) is 0 Å². The molecule has 84 valence electrons. The maximum absolute atomic E-state index is 5.63. The van der Waals surface area contributed by atoms with E-state index >= 15 is 0 Å². The average molecular weight is 252 g/mol. The molecule has 0 aromatic carbocycles. The summed E-state index contributed by atoms with van der Waals surface area (Å²) in [5.41, 5.74) is 13.1. The molecular weight excluding hydrogens is 240 g/mol. The first-order valence-corrected chi connectivity index (χ1v) is 6.49. The van der Waals surface area contributed by atoms with Crippen LogP contribution >= 0.6 is 22.7 Å². The second kappa shape index (κ2) is 4.63. The van der Waals surface area contributed by atoms with E-state index in [4.69, 9.17) is 11.5 Å². The van der Waals surface area contributed by atoms with E-state index in [9.17, 15) is 0 Å². The summed E-state index contributed by atoms with van der Waals surface area (Å²) >= 11 is 2.87. The molecule has 2 heterocycles. The third-order valence-corrected chi connectivity index (χ3v) is 3.58. The number of nitrogens with two attached hydrogens (primary N) is 2. The summed E-state index contributed by atoms with van der Waals surface area (Å²) in [4.78, 5) is 8.58. The van der Waals surface area contributed by atoms with Gasteiger partial charge in [0.05, 0.1) is 11.4 Å². The van der Waals surface area contributed by atoms with Crippen molar-refractivity contribution >= 4 is 32.9 Å². The fraction of sp³-hybridized carbons (Fsp3) is 0.200. The van der Waals surface area contributed by atoms with Gasteiger partial charge in [0.25, 0.3) is 0 Å². The Morgan fingerprint density at radius 3 is 2.00 bits per heavy atom. The highest BCUT2D eigenvalue weighted by atomic mass is 32.1. The first kappa shape index (κ1) is 11.1. The van der Waals surface area contributed by atoms with Gasteiger partial charge >= 0.3 is 0 Å². The van der Waals surface area contributed by atoms with Gasteiger partial charge in [-0.3, -0.25) is 0 Å². The maximum Gasteiger partial charge on any atom is 0.180 e. The Morgan fingerprint density at radius 2 is 1.69 bits per heavy atom. The molecule has 0 bridgehead atoms. The van der Waals surface area contributed by atoms with Crippen molar-refractivity contribution in [3.63, 3.8) is 0 Å². The molecule has 0 radical (unpaired) electrons. The fourth-order valence-corrected chi connectivity index (χ4v) is 2.71. The SMILES string of the molecule is C=CCC(c1csc(N)n1)c1csc(N)n1. The minimum Gasteiger partial charge on any atom is -0.375 e. The van der Waals surface area contributed by atoms with Crippen molar-refractivity contribution in [1.82, 2.24) is 9.97 Å². The van der Waals surface area contributed by atoms with Gasteiger partial charge in [-0.1, -0.05) is 6.08 Å². The third-order valence-electron chi connectivity index (χ3n) is 2.20. The standard InChI is InChI=1S/C10H12N4S2/c1-2-3-6(7-4-15-9(11)13-7)8-5-16-10(12)14-8/h2,4-6H,1,3H2,(H2,11,13)(H2,12,14). The number of aromatic nitrogens is 2. The summed E-state index contributed by atoms with van der Waals surface area (Å²) in [5, 5.41) is 5.07. The van der Waals surface area contributed by atoms with Crippen LogP contribution in [0.4, 0.5) is 10.3 Å². The number of nitrogens with zero attached hydrogens (tertiary/aromatic N) is 2. The highest BCUT2D eigenvalue weighted by Crippen LogP contribution is 2.31. The van der Waals surface area contributed by atoms with E-state index in [2.05, 4.69) is 16.5 Å². The summed E-state index contributed by atoms with van der Waals surface area (Å²) < 4.78 is 0. The zero-order chi connectivity index (χ0) is 11.5. The number of anilines is 2. The molecule has 0 fully saturated rings. The Bertz CT molecular complexity index is 448. The number of thiazole rings is 2. The average Bonchev–Trinajstić information content (AvgIpc) is 2.84. The van der Waals surface area contributed by atoms with Crippen LogP contribution in [0.1, 0.15) is 23.7 Å². The molecule has 2 aromatic heterocycles. The van der Waals surface area contributed by atoms with E-state index in [1.54, 1.807) is 0 Å². The van der Waals surface area contributed by atoms with Gasteiger partial charge in [-0.25, -0.2) is 9.97 Å². The van der Waals surface area contributed by atoms with Crippen molar-refractivity contribution in [3.8, 4) is 0 Å². The Balaban J connectivity index is 2.33. The lowest BCUT2D eigenvalue weighted by Crippen LogP contribution is -2.02. The molecule has 0 spiro atoms. The van der Waals surface area contributed by atoms with Crippen LogP contribution in [0.3, 0.4) is 0 Å². The van der Waals surface area contributed by atoms with Gasteiger partial charge in [0.1, 0.15) is 0 Å². The van der Waals surface area contributed by atoms with Crippen LogP contribution in [-0.2, 0) is 0 Å². The molecule has 6 heteroatoms. The van der Waals surface area contributed by atoms with Gasteiger partial charge in [0.15, 0.2) is 10.3 Å². The highest BCUT2D eigenvalue weighted by molar-refractivity contribution is 7.13. The zero-order valence-electron chi connectivity index (χ0n) is 8.59. The summed E-state index contributed by atoms with van der Waals surface area (Å²) in [6, 6.07) is 0. The van der Waals surface area contributed by atoms with E-state index in [1.165, 1.54) is 22.7 Å². The molecule has 0 aliphatic rings. The first-order chi connectivity index (χ1) is 7.70. The van der Waals surface area contributed by atoms with Crippen molar-refractivity contribution in [2.45, 2.75) is 12.3 Å². The van der Waals surface area contributed by atoms with Crippen LogP contribution in [0.5, 0.6) is 0 Å². The van der Waals surface area contributed by atoms with Crippen LogP contribution in [0.2, 0.25) is 0 Å². The number of hydrogen-bond acceptors (Lipinski definition) is 6. The summed E-state index contributed by atoms with van der Waals surface area (Å²) in [5.74, 6) is 0.111. The minimum atomic E-state index is 0.111. The third kappa shape index (κ3) is 2.23. The topological polar surface area (TPSA) is 77.8 Å². The van der Waals surface area contributed by atoms with Crippen LogP contribution in [0.15, 0.2) is 23.4 Å². The number of rotatable bonds is 4. The molecule has 16 heavy (non-hydrogen) atoms. The van der Waals surface area contributed by atoms with Crippen LogP contribution in [0.25, 0.3) is 0 Å². The van der Waals surface area contributed by atoms with Crippen molar-refractivity contribution in [2.75, 3.05) is 11.5 Å². The van der Waals surface area contributed by atoms with Crippen molar-refractivity contribution in [3.05, 3.63) is 34.8 Å². The van der Waals surface area contributed by atoms with Gasteiger partial charge in [-0.15, -0.1) is 29.3 Å². The molecule has 0 unspecified atom stereocenters. The lowest BCUT2D eigenvalue weighted by Gasteiger charge is -2.08. The molecule has 4 N–H and O–H groups in total. The van der Waals surface area contributed by atoms with Crippen molar-refractivity contribution < 1.29 is 0 Å². The van der Waals surface area contributed by atoms with E-state index < -0.39 is 0 Å². The predicted molar refractivity (Wildman–Crippen MR) is 69.7 cm³/mol. The van der Waals surface area contributed by atoms with Gasteiger partial charge in [-0.2, -0.15) is 0 Å². The smallest absolute Gasteiger partial charge is 0.180 e. The van der Waals surface area contributed by atoms with Crippen molar-refractivity contribution in [1.29, 1.82) is 0 Å². The molecule has 0 amide bonds. The van der Waals surface area contributed by atoms with Crippen LogP contribution in [-0.4, -0.2) is 9.97 Å². The zero-order valence-corrected chi connectivity index (χ0v) is 10.2. The molecule has 2 rings (SSSR count). The molecule has 2 aromatic rings. The molecule has 0 atom stereocenters. The predicted octanol–water partition coefficient (Wildman–Crippen LogP) is 2.47. The van der Waals surface area contributed by atoms with Gasteiger partial charge < -0.3 is 11.5 Å². The van der Waals surface area contributed by atoms with Crippen molar-refractivity contribution in [2.24, 2.45) is 0 Å². The molecule has 4 nitrogen and oxygen atoms in total. The Kier molecular flexibility index (Phi) is 3.21. The van der Waals surface area contributed by atoms with E-state index in [-0.39, 0.29) is 5.92 Å². The second-order valence-corrected chi connectivity index (χ2v) is 5.08. The molecular formula is C10H12N4S2. The summed E-state index contributed by atoms with van der Waals surface area (Å²) in [7, 11) is 0. The Hall–Kier alpha value is -1.40.